The molecule has 154 valence electrons. The number of aromatic nitrogens is 2. The van der Waals surface area contributed by atoms with Gasteiger partial charge in [0.05, 0.1) is 0 Å². The predicted molar refractivity (Wildman–Crippen MR) is 118 cm³/mol. The van der Waals surface area contributed by atoms with E-state index in [0.717, 1.165) is 18.8 Å². The molecule has 0 spiro atoms. The van der Waals surface area contributed by atoms with Crippen molar-refractivity contribution in [1.29, 1.82) is 0 Å². The Labute approximate surface area is 178 Å². The van der Waals surface area contributed by atoms with Crippen molar-refractivity contribution in [2.45, 2.75) is 44.3 Å². The minimum absolute atomic E-state index is 0.375. The molecule has 2 heterocycles. The Hall–Kier alpha value is -2.76. The van der Waals surface area contributed by atoms with Crippen molar-refractivity contribution in [2.75, 3.05) is 13.1 Å². The molecule has 1 saturated heterocycles. The summed E-state index contributed by atoms with van der Waals surface area (Å²) in [7, 11) is 0. The molecule has 1 fully saturated rings. The van der Waals surface area contributed by atoms with Gasteiger partial charge in [0, 0.05) is 37.6 Å². The molecule has 1 N–H and O–H groups in total. The van der Waals surface area contributed by atoms with Crippen molar-refractivity contribution >= 4 is 0 Å². The lowest BCUT2D eigenvalue weighted by Crippen LogP contribution is -2.49. The number of hydrogen-bond acceptors (Lipinski definition) is 5. The average molecular weight is 401 g/mol. The van der Waals surface area contributed by atoms with Crippen LogP contribution < -0.4 is 10.1 Å². The third kappa shape index (κ3) is 4.53. The molecule has 0 radical (unpaired) electrons. The number of piperidine rings is 1. The first-order valence-electron chi connectivity index (χ1n) is 10.9. The van der Waals surface area contributed by atoms with Gasteiger partial charge in [-0.25, -0.2) is 9.97 Å². The topological polar surface area (TPSA) is 50.3 Å². The maximum Gasteiger partial charge on any atom is 0.321 e. The van der Waals surface area contributed by atoms with Crippen LogP contribution in [0.4, 0.5) is 0 Å². The molecule has 1 unspecified atom stereocenters. The molecule has 1 aliphatic carbocycles. The molecule has 0 amide bonds. The van der Waals surface area contributed by atoms with Crippen molar-refractivity contribution in [3.8, 4) is 11.8 Å². The number of hydrogen-bond donors (Lipinski definition) is 1. The van der Waals surface area contributed by atoms with Crippen LogP contribution in [0.5, 0.6) is 11.8 Å². The number of nitrogens with one attached hydrogen (secondary N) is 1. The summed E-state index contributed by atoms with van der Waals surface area (Å²) in [5.41, 5.74) is 4.35. The van der Waals surface area contributed by atoms with Gasteiger partial charge in [-0.3, -0.25) is 4.90 Å². The highest BCUT2D eigenvalue weighted by atomic mass is 16.5. The van der Waals surface area contributed by atoms with Gasteiger partial charge in [0.15, 0.2) is 0 Å². The van der Waals surface area contributed by atoms with Gasteiger partial charge >= 0.3 is 6.01 Å². The second-order valence-corrected chi connectivity index (χ2v) is 8.32. The summed E-state index contributed by atoms with van der Waals surface area (Å²) in [6.07, 6.45) is 8.29. The summed E-state index contributed by atoms with van der Waals surface area (Å²) in [5, 5.41) is 3.77. The number of ether oxygens (including phenoxy) is 1. The fourth-order valence-electron chi connectivity index (χ4n) is 4.68. The van der Waals surface area contributed by atoms with Crippen LogP contribution in [0.2, 0.25) is 0 Å². The van der Waals surface area contributed by atoms with Gasteiger partial charge in [0.1, 0.15) is 5.75 Å². The normalized spacial score (nSPS) is 19.5. The maximum absolute atomic E-state index is 5.68. The SMILES string of the molecule is c1cnc(Oc2ccc(CNC3CCCN(C4Cc5ccccc5C4)C3)cc2)nc1. The van der Waals surface area contributed by atoms with E-state index in [4.69, 9.17) is 4.74 Å². The van der Waals surface area contributed by atoms with Gasteiger partial charge in [-0.2, -0.15) is 0 Å². The van der Waals surface area contributed by atoms with Gasteiger partial charge in [-0.1, -0.05) is 36.4 Å². The van der Waals surface area contributed by atoms with E-state index in [1.807, 2.05) is 12.1 Å². The third-order valence-electron chi connectivity index (χ3n) is 6.27. The first-order valence-corrected chi connectivity index (χ1v) is 10.9. The van der Waals surface area contributed by atoms with E-state index in [2.05, 4.69) is 56.6 Å². The van der Waals surface area contributed by atoms with Crippen LogP contribution in [0, 0.1) is 0 Å². The van der Waals surface area contributed by atoms with Gasteiger partial charge in [-0.05, 0) is 67.1 Å². The van der Waals surface area contributed by atoms with E-state index in [1.54, 1.807) is 29.6 Å². The second kappa shape index (κ2) is 8.94. The first-order chi connectivity index (χ1) is 14.8. The van der Waals surface area contributed by atoms with E-state index < -0.39 is 0 Å². The zero-order chi connectivity index (χ0) is 20.2. The summed E-state index contributed by atoms with van der Waals surface area (Å²) in [6, 6.07) is 20.5. The molecular weight excluding hydrogens is 372 g/mol. The summed E-state index contributed by atoms with van der Waals surface area (Å²) >= 11 is 0. The quantitative estimate of drug-likeness (QED) is 0.678. The van der Waals surface area contributed by atoms with E-state index in [-0.39, 0.29) is 0 Å². The van der Waals surface area contributed by atoms with Crippen molar-refractivity contribution in [1.82, 2.24) is 20.2 Å². The largest absolute Gasteiger partial charge is 0.424 e. The lowest BCUT2D eigenvalue weighted by molar-refractivity contribution is 0.140. The third-order valence-corrected chi connectivity index (χ3v) is 6.27. The number of nitrogens with zero attached hydrogens (tertiary/aromatic N) is 3. The van der Waals surface area contributed by atoms with Crippen LogP contribution in [0.25, 0.3) is 0 Å². The Morgan fingerprint density at radius 1 is 0.933 bits per heavy atom. The van der Waals surface area contributed by atoms with Crippen molar-refractivity contribution in [3.63, 3.8) is 0 Å². The summed E-state index contributed by atoms with van der Waals surface area (Å²) < 4.78 is 5.68. The van der Waals surface area contributed by atoms with Gasteiger partial charge in [-0.15, -0.1) is 0 Å². The number of benzene rings is 2. The molecule has 1 atom stereocenters. The van der Waals surface area contributed by atoms with E-state index >= 15 is 0 Å². The minimum atomic E-state index is 0.375. The maximum atomic E-state index is 5.68. The molecule has 3 aromatic rings. The van der Waals surface area contributed by atoms with E-state index in [0.29, 0.717) is 18.1 Å². The van der Waals surface area contributed by atoms with Crippen LogP contribution >= 0.6 is 0 Å². The second-order valence-electron chi connectivity index (χ2n) is 8.32. The molecule has 5 rings (SSSR count). The first kappa shape index (κ1) is 19.2. The standard InChI is InChI=1S/C25H28N4O/c1-2-6-21-16-23(15-20(21)5-1)29-14-3-7-22(18-29)28-17-19-8-10-24(11-9-19)30-25-26-12-4-13-27-25/h1-2,4-6,8-13,22-23,28H,3,7,14-18H2. The van der Waals surface area contributed by atoms with Gasteiger partial charge in [0.25, 0.3) is 0 Å². The van der Waals surface area contributed by atoms with Gasteiger partial charge < -0.3 is 10.1 Å². The molecule has 5 nitrogen and oxygen atoms in total. The molecular formula is C25H28N4O. The van der Waals surface area contributed by atoms with Crippen LogP contribution in [0.3, 0.4) is 0 Å². The predicted octanol–water partition coefficient (Wildman–Crippen LogP) is 3.99. The number of rotatable bonds is 6. The molecule has 1 aromatic heterocycles. The minimum Gasteiger partial charge on any atom is -0.424 e. The lowest BCUT2D eigenvalue weighted by Gasteiger charge is -2.37. The number of fused-ring (bicyclic) bond motifs is 1. The zero-order valence-corrected chi connectivity index (χ0v) is 17.2. The molecule has 1 aliphatic heterocycles. The molecule has 5 heteroatoms. The van der Waals surface area contributed by atoms with Crippen LogP contribution in [-0.2, 0) is 19.4 Å². The van der Waals surface area contributed by atoms with Gasteiger partial charge in [0.2, 0.25) is 0 Å². The fraction of sp³-hybridized carbons (Fsp3) is 0.360. The highest BCUT2D eigenvalue weighted by molar-refractivity contribution is 5.33. The molecule has 2 aromatic carbocycles. The van der Waals surface area contributed by atoms with Crippen LogP contribution in [-0.4, -0.2) is 40.0 Å². The fourth-order valence-corrected chi connectivity index (χ4v) is 4.68. The molecule has 2 aliphatic rings. The van der Waals surface area contributed by atoms with Crippen molar-refractivity contribution in [2.24, 2.45) is 0 Å². The Morgan fingerprint density at radius 3 is 2.40 bits per heavy atom. The summed E-state index contributed by atoms with van der Waals surface area (Å²) in [5.74, 6) is 0.759. The summed E-state index contributed by atoms with van der Waals surface area (Å²) in [6.45, 7) is 3.25. The van der Waals surface area contributed by atoms with E-state index in [9.17, 15) is 0 Å². The molecule has 0 bridgehead atoms. The highest BCUT2D eigenvalue weighted by Crippen LogP contribution is 2.27. The Bertz CT molecular complexity index is 935. The van der Waals surface area contributed by atoms with E-state index in [1.165, 1.54) is 37.8 Å². The Balaban J connectivity index is 1.12. The monoisotopic (exact) mass is 400 g/mol. The number of likely N-dealkylation sites (tertiary alicyclic amines) is 1. The zero-order valence-electron chi connectivity index (χ0n) is 17.2. The summed E-state index contributed by atoms with van der Waals surface area (Å²) in [4.78, 5) is 10.9. The van der Waals surface area contributed by atoms with Crippen LogP contribution in [0.1, 0.15) is 29.5 Å². The smallest absolute Gasteiger partial charge is 0.321 e. The highest BCUT2D eigenvalue weighted by Gasteiger charge is 2.30. The van der Waals surface area contributed by atoms with Crippen LogP contribution in [0.15, 0.2) is 67.0 Å². The molecule has 30 heavy (non-hydrogen) atoms. The Kier molecular flexibility index (Phi) is 5.73. The van der Waals surface area contributed by atoms with Crippen molar-refractivity contribution in [3.05, 3.63) is 83.7 Å². The Morgan fingerprint density at radius 2 is 1.67 bits per heavy atom. The molecule has 0 saturated carbocycles. The average Bonchev–Trinajstić information content (AvgIpc) is 3.24. The lowest BCUT2D eigenvalue weighted by atomic mass is 10.0. The van der Waals surface area contributed by atoms with Crippen molar-refractivity contribution < 1.29 is 4.74 Å².